The normalized spacial score (nSPS) is 13.6. The molecule has 0 spiro atoms. The zero-order valence-corrected chi connectivity index (χ0v) is 18.4. The van der Waals surface area contributed by atoms with Crippen LogP contribution < -0.4 is 5.32 Å². The number of esters is 1. The van der Waals surface area contributed by atoms with Crippen molar-refractivity contribution in [3.05, 3.63) is 109 Å². The lowest BCUT2D eigenvalue weighted by Gasteiger charge is -2.21. The summed E-state index contributed by atoms with van der Waals surface area (Å²) in [5.74, 6) is -1.03. The highest BCUT2D eigenvalue weighted by molar-refractivity contribution is 5.81. The van der Waals surface area contributed by atoms with Gasteiger partial charge in [0.15, 0.2) is 6.04 Å². The van der Waals surface area contributed by atoms with Crippen LogP contribution in [0.5, 0.6) is 0 Å². The number of rotatable bonds is 10. The van der Waals surface area contributed by atoms with Gasteiger partial charge in [0.25, 0.3) is 0 Å². The molecule has 0 aromatic heterocycles. The summed E-state index contributed by atoms with van der Waals surface area (Å²) >= 11 is 0. The van der Waals surface area contributed by atoms with Crippen molar-refractivity contribution in [2.45, 2.75) is 40.3 Å². The molecule has 0 aliphatic rings. The Labute approximate surface area is 180 Å². The maximum atomic E-state index is 13.9. The van der Waals surface area contributed by atoms with Crippen LogP contribution in [-0.2, 0) is 16.1 Å². The van der Waals surface area contributed by atoms with Gasteiger partial charge in [-0.1, -0.05) is 89.1 Å². The minimum Gasteiger partial charge on any atom is -0.459 e. The topological polar surface area (TPSA) is 38.3 Å². The smallest absolute Gasteiger partial charge is 0.333 e. The summed E-state index contributed by atoms with van der Waals surface area (Å²) in [6, 6.07) is 8.37. The number of hydrogen-bond acceptors (Lipinski definition) is 3. The monoisotopic (exact) mass is 409 g/mol. The van der Waals surface area contributed by atoms with Crippen molar-refractivity contribution in [2.24, 2.45) is 5.41 Å². The molecule has 0 bridgehead atoms. The van der Waals surface area contributed by atoms with Crippen LogP contribution >= 0.6 is 0 Å². The predicted molar refractivity (Wildman–Crippen MR) is 123 cm³/mol. The number of carbonyl (C=O) groups is 1. The molecule has 1 aromatic carbocycles. The molecule has 0 radical (unpaired) electrons. The first-order chi connectivity index (χ1) is 14.1. The van der Waals surface area contributed by atoms with Gasteiger partial charge in [-0.25, -0.2) is 9.18 Å². The summed E-state index contributed by atoms with van der Waals surface area (Å²) in [5, 5.41) is 3.01. The van der Waals surface area contributed by atoms with Crippen molar-refractivity contribution in [3.63, 3.8) is 0 Å². The van der Waals surface area contributed by atoms with Gasteiger partial charge < -0.3 is 10.1 Å². The maximum Gasteiger partial charge on any atom is 0.333 e. The molecule has 160 valence electrons. The fourth-order valence-corrected chi connectivity index (χ4v) is 2.28. The molecule has 0 heterocycles. The number of halogens is 1. The third-order valence-corrected chi connectivity index (χ3v) is 4.39. The summed E-state index contributed by atoms with van der Waals surface area (Å²) in [6.45, 7) is 19.5. The van der Waals surface area contributed by atoms with Gasteiger partial charge in [0.1, 0.15) is 12.4 Å². The Balaban J connectivity index is 3.04. The Morgan fingerprint density at radius 3 is 2.37 bits per heavy atom. The molecule has 4 heteroatoms. The van der Waals surface area contributed by atoms with E-state index in [1.54, 1.807) is 13.0 Å². The van der Waals surface area contributed by atoms with Gasteiger partial charge in [0, 0.05) is 5.70 Å². The highest BCUT2D eigenvalue weighted by Crippen LogP contribution is 2.24. The Morgan fingerprint density at radius 1 is 1.20 bits per heavy atom. The Morgan fingerprint density at radius 2 is 1.83 bits per heavy atom. The van der Waals surface area contributed by atoms with Crippen LogP contribution in [0.2, 0.25) is 0 Å². The average molecular weight is 410 g/mol. The molecular weight excluding hydrogens is 377 g/mol. The highest BCUT2D eigenvalue weighted by Gasteiger charge is 2.23. The maximum absolute atomic E-state index is 13.9. The number of carbonyl (C=O) groups excluding carboxylic acids is 1. The molecule has 0 aliphatic carbocycles. The zero-order valence-electron chi connectivity index (χ0n) is 18.4. The molecule has 1 rings (SSSR count). The molecule has 0 saturated carbocycles. The summed E-state index contributed by atoms with van der Waals surface area (Å²) in [7, 11) is 0. The zero-order chi connectivity index (χ0) is 22.7. The molecule has 0 amide bonds. The second kappa shape index (κ2) is 11.8. The van der Waals surface area contributed by atoms with Gasteiger partial charge in [-0.2, -0.15) is 0 Å². The van der Waals surface area contributed by atoms with Crippen LogP contribution in [0.3, 0.4) is 0 Å². The number of benzene rings is 1. The fraction of sp³-hybridized carbons (Fsp3) is 0.269. The molecule has 3 nitrogen and oxygen atoms in total. The second-order valence-corrected chi connectivity index (χ2v) is 7.83. The second-order valence-electron chi connectivity index (χ2n) is 7.83. The minimum absolute atomic E-state index is 0.0912. The first-order valence-electron chi connectivity index (χ1n) is 9.77. The molecule has 0 fully saturated rings. The van der Waals surface area contributed by atoms with E-state index in [4.69, 9.17) is 4.74 Å². The van der Waals surface area contributed by atoms with E-state index < -0.39 is 17.8 Å². The lowest BCUT2D eigenvalue weighted by atomic mass is 9.87. The van der Waals surface area contributed by atoms with Gasteiger partial charge in [0.05, 0.1) is 0 Å². The fourth-order valence-electron chi connectivity index (χ4n) is 2.28. The predicted octanol–water partition coefficient (Wildman–Crippen LogP) is 6.35. The quantitative estimate of drug-likeness (QED) is 0.362. The number of hydrogen-bond donors (Lipinski definition) is 1. The molecule has 0 aliphatic heterocycles. The van der Waals surface area contributed by atoms with Crippen molar-refractivity contribution >= 4 is 5.97 Å². The van der Waals surface area contributed by atoms with E-state index in [0.717, 1.165) is 11.1 Å². The van der Waals surface area contributed by atoms with Crippen molar-refractivity contribution < 1.29 is 13.9 Å². The van der Waals surface area contributed by atoms with Gasteiger partial charge in [-0.3, -0.25) is 0 Å². The summed E-state index contributed by atoms with van der Waals surface area (Å²) in [4.78, 5) is 12.8. The molecule has 1 aromatic rings. The summed E-state index contributed by atoms with van der Waals surface area (Å²) in [6.07, 6.45) is 7.55. The van der Waals surface area contributed by atoms with Crippen molar-refractivity contribution in [3.8, 4) is 0 Å². The molecule has 1 unspecified atom stereocenters. The van der Waals surface area contributed by atoms with Gasteiger partial charge in [0.2, 0.25) is 0 Å². The van der Waals surface area contributed by atoms with Crippen LogP contribution in [0.15, 0.2) is 103 Å². The Kier molecular flexibility index (Phi) is 9.76. The van der Waals surface area contributed by atoms with E-state index >= 15 is 0 Å². The van der Waals surface area contributed by atoms with Crippen LogP contribution in [-0.4, -0.2) is 12.0 Å². The first-order valence-corrected chi connectivity index (χ1v) is 9.77. The molecule has 0 saturated heterocycles. The number of ether oxygens (including phenoxy) is 1. The third kappa shape index (κ3) is 8.48. The standard InChI is InChI=1S/C26H32FNO2/c1-8-22(17-23(27)9-2)24(25(29)30-18-21-13-11-10-12-14-21)28-20(4)16-15-19(3)26(5,6)7/h8-17,24,28H,1,3-4,18H2,2,5-7H3/b16-15-,22-17+,23-9+. The van der Waals surface area contributed by atoms with Crippen LogP contribution in [0.25, 0.3) is 0 Å². The van der Waals surface area contributed by atoms with Gasteiger partial charge in [-0.15, -0.1) is 0 Å². The molecule has 1 N–H and O–H groups in total. The number of nitrogens with one attached hydrogen (secondary N) is 1. The lowest BCUT2D eigenvalue weighted by Crippen LogP contribution is -2.38. The van der Waals surface area contributed by atoms with Crippen LogP contribution in [0, 0.1) is 5.41 Å². The van der Waals surface area contributed by atoms with E-state index in [0.29, 0.717) is 11.3 Å². The largest absolute Gasteiger partial charge is 0.459 e. The Bertz CT molecular complexity index is 855. The summed E-state index contributed by atoms with van der Waals surface area (Å²) in [5.41, 5.74) is 2.48. The van der Waals surface area contributed by atoms with E-state index in [2.05, 4.69) is 45.8 Å². The van der Waals surface area contributed by atoms with Crippen molar-refractivity contribution in [1.82, 2.24) is 5.32 Å². The van der Waals surface area contributed by atoms with E-state index in [1.807, 2.05) is 36.4 Å². The van der Waals surface area contributed by atoms with E-state index in [1.165, 1.54) is 18.2 Å². The third-order valence-electron chi connectivity index (χ3n) is 4.39. The van der Waals surface area contributed by atoms with Gasteiger partial charge >= 0.3 is 5.97 Å². The van der Waals surface area contributed by atoms with Crippen molar-refractivity contribution in [1.29, 1.82) is 0 Å². The average Bonchev–Trinajstić information content (AvgIpc) is 2.72. The Hall–Kier alpha value is -3.14. The minimum atomic E-state index is -0.961. The molecular formula is C26H32FNO2. The number of allylic oxidation sites excluding steroid dienone is 6. The first kappa shape index (κ1) is 24.9. The van der Waals surface area contributed by atoms with E-state index in [-0.39, 0.29) is 12.0 Å². The highest BCUT2D eigenvalue weighted by atomic mass is 19.1. The SMILES string of the molecule is C=C/C(=C\C(F)=C/C)C(NC(=C)/C=C\C(=C)C(C)(C)C)C(=O)OCc1ccccc1. The summed E-state index contributed by atoms with van der Waals surface area (Å²) < 4.78 is 19.3. The molecule has 30 heavy (non-hydrogen) atoms. The van der Waals surface area contributed by atoms with Crippen LogP contribution in [0.4, 0.5) is 4.39 Å². The van der Waals surface area contributed by atoms with Crippen molar-refractivity contribution in [2.75, 3.05) is 0 Å². The lowest BCUT2D eigenvalue weighted by molar-refractivity contribution is -0.146. The van der Waals surface area contributed by atoms with Crippen LogP contribution in [0.1, 0.15) is 33.3 Å². The van der Waals surface area contributed by atoms with Gasteiger partial charge in [-0.05, 0) is 41.2 Å². The van der Waals surface area contributed by atoms with E-state index in [9.17, 15) is 9.18 Å². The molecule has 1 atom stereocenters.